The third kappa shape index (κ3) is 3.87. The lowest BCUT2D eigenvalue weighted by atomic mass is 10.0. The second kappa shape index (κ2) is 8.26. The van der Waals surface area contributed by atoms with Crippen molar-refractivity contribution in [2.24, 2.45) is 5.10 Å². The zero-order valence-electron chi connectivity index (χ0n) is 16.2. The smallest absolute Gasteiger partial charge is 0.137 e. The number of thioether (sulfide) groups is 1. The zero-order valence-corrected chi connectivity index (χ0v) is 17.0. The summed E-state index contributed by atoms with van der Waals surface area (Å²) in [6.07, 6.45) is 2.14. The fourth-order valence-electron chi connectivity index (χ4n) is 3.62. The first kappa shape index (κ1) is 18.9. The van der Waals surface area contributed by atoms with Crippen LogP contribution in [-0.4, -0.2) is 24.7 Å². The number of rotatable bonds is 4. The molecule has 0 saturated heterocycles. The minimum Gasteiger partial charge on any atom is -0.490 e. The van der Waals surface area contributed by atoms with E-state index < -0.39 is 0 Å². The number of benzene rings is 2. The molecule has 0 fully saturated rings. The van der Waals surface area contributed by atoms with E-state index in [0.29, 0.717) is 11.3 Å². The maximum Gasteiger partial charge on any atom is 0.137 e. The monoisotopic (exact) mass is 392 g/mol. The summed E-state index contributed by atoms with van der Waals surface area (Å²) in [7, 11) is 0. The predicted octanol–water partition coefficient (Wildman–Crippen LogP) is 4.23. The lowest BCUT2D eigenvalue weighted by Crippen LogP contribution is -2.17. The molecule has 0 aliphatic carbocycles. The van der Waals surface area contributed by atoms with Crippen LogP contribution in [0.3, 0.4) is 0 Å². The highest BCUT2D eigenvalue weighted by Gasteiger charge is 2.26. The zero-order chi connectivity index (χ0) is 19.5. The van der Waals surface area contributed by atoms with Crippen molar-refractivity contribution in [1.29, 1.82) is 5.26 Å². The number of fused-ring (bicyclic) bond motifs is 1. The van der Waals surface area contributed by atoms with Crippen LogP contribution < -0.4 is 15.1 Å². The molecule has 0 saturated carbocycles. The minimum absolute atomic E-state index is 0.0159. The number of anilines is 1. The van der Waals surface area contributed by atoms with Crippen molar-refractivity contribution in [2.45, 2.75) is 38.2 Å². The summed E-state index contributed by atoms with van der Waals surface area (Å²) in [6.45, 7) is 5.98. The molecule has 1 N–H and O–H groups in total. The summed E-state index contributed by atoms with van der Waals surface area (Å²) in [6, 6.07) is 14.8. The van der Waals surface area contributed by atoms with Crippen LogP contribution in [0.2, 0.25) is 0 Å². The Labute approximate surface area is 170 Å². The fraction of sp³-hybridized carbons (Fsp3) is 0.364. The predicted molar refractivity (Wildman–Crippen MR) is 115 cm³/mol. The van der Waals surface area contributed by atoms with Gasteiger partial charge < -0.3 is 10.1 Å². The number of hydrazone groups is 1. The topological polar surface area (TPSA) is 60.6 Å². The van der Waals surface area contributed by atoms with E-state index in [9.17, 15) is 5.26 Å². The lowest BCUT2D eigenvalue weighted by molar-refractivity contribution is 0.241. The molecule has 0 radical (unpaired) electrons. The molecular weight excluding hydrogens is 368 g/mol. The van der Waals surface area contributed by atoms with Crippen LogP contribution in [0.1, 0.15) is 41.5 Å². The van der Waals surface area contributed by atoms with Crippen LogP contribution >= 0.6 is 11.8 Å². The molecule has 0 amide bonds. The van der Waals surface area contributed by atoms with Gasteiger partial charge in [-0.1, -0.05) is 23.9 Å². The molecule has 2 aliphatic rings. The fourth-order valence-corrected chi connectivity index (χ4v) is 4.49. The molecule has 2 aliphatic heterocycles. The van der Waals surface area contributed by atoms with Crippen LogP contribution in [0.15, 0.2) is 41.5 Å². The summed E-state index contributed by atoms with van der Waals surface area (Å²) in [5.41, 5.74) is 7.39. The Kier molecular flexibility index (Phi) is 5.56. The summed E-state index contributed by atoms with van der Waals surface area (Å²) in [5, 5.41) is 19.7. The van der Waals surface area contributed by atoms with Gasteiger partial charge >= 0.3 is 0 Å². The number of hydrogen-bond acceptors (Lipinski definition) is 6. The first-order valence-corrected chi connectivity index (χ1v) is 10.6. The minimum atomic E-state index is 0.0159. The van der Waals surface area contributed by atoms with E-state index in [4.69, 9.17) is 4.74 Å². The Morgan fingerprint density at radius 1 is 1.18 bits per heavy atom. The van der Waals surface area contributed by atoms with Gasteiger partial charge in [0.2, 0.25) is 0 Å². The van der Waals surface area contributed by atoms with Gasteiger partial charge in [0.25, 0.3) is 0 Å². The molecule has 5 nitrogen and oxygen atoms in total. The van der Waals surface area contributed by atoms with Crippen LogP contribution in [0.25, 0.3) is 0 Å². The highest BCUT2D eigenvalue weighted by atomic mass is 32.2. The van der Waals surface area contributed by atoms with Gasteiger partial charge in [-0.25, -0.2) is 5.01 Å². The molecule has 144 valence electrons. The van der Waals surface area contributed by atoms with Gasteiger partial charge in [-0.15, -0.1) is 0 Å². The molecule has 4 rings (SSSR count). The maximum atomic E-state index is 9.55. The van der Waals surface area contributed by atoms with Crippen molar-refractivity contribution in [1.82, 2.24) is 5.32 Å². The summed E-state index contributed by atoms with van der Waals surface area (Å²) >= 11 is 1.65. The van der Waals surface area contributed by atoms with Crippen molar-refractivity contribution < 1.29 is 4.74 Å². The number of nitrogens with one attached hydrogen (secondary N) is 1. The highest BCUT2D eigenvalue weighted by molar-refractivity contribution is 8.12. The van der Waals surface area contributed by atoms with E-state index in [1.165, 1.54) is 11.1 Å². The molecule has 1 atom stereocenters. The quantitative estimate of drug-likeness (QED) is 0.844. The second-order valence-electron chi connectivity index (χ2n) is 7.29. The van der Waals surface area contributed by atoms with Gasteiger partial charge in [-0.3, -0.25) is 0 Å². The highest BCUT2D eigenvalue weighted by Crippen LogP contribution is 2.41. The van der Waals surface area contributed by atoms with Gasteiger partial charge in [0.15, 0.2) is 0 Å². The van der Waals surface area contributed by atoms with Crippen LogP contribution in [-0.2, 0) is 12.8 Å². The number of nitriles is 1. The summed E-state index contributed by atoms with van der Waals surface area (Å²) in [4.78, 5) is 0. The van der Waals surface area contributed by atoms with E-state index in [2.05, 4.69) is 34.7 Å². The van der Waals surface area contributed by atoms with E-state index in [0.717, 1.165) is 37.2 Å². The molecule has 0 bridgehead atoms. The normalized spacial score (nSPS) is 18.6. The number of ether oxygens (including phenoxy) is 1. The molecule has 0 aromatic heterocycles. The largest absolute Gasteiger partial charge is 0.490 e. The molecule has 1 unspecified atom stereocenters. The van der Waals surface area contributed by atoms with Gasteiger partial charge in [-0.05, 0) is 80.7 Å². The molecule has 0 spiro atoms. The maximum absolute atomic E-state index is 9.55. The van der Waals surface area contributed by atoms with Crippen LogP contribution in [0.5, 0.6) is 5.75 Å². The van der Waals surface area contributed by atoms with Gasteiger partial charge in [0, 0.05) is 0 Å². The van der Waals surface area contributed by atoms with Gasteiger partial charge in [-0.2, -0.15) is 10.4 Å². The molecule has 2 heterocycles. The average Bonchev–Trinajstić information content (AvgIpc) is 3.06. The molecule has 2 aromatic rings. The Hall–Kier alpha value is -2.49. The van der Waals surface area contributed by atoms with Gasteiger partial charge in [0.1, 0.15) is 17.2 Å². The Bertz CT molecular complexity index is 935. The first-order valence-electron chi connectivity index (χ1n) is 9.66. The van der Waals surface area contributed by atoms with Crippen molar-refractivity contribution >= 4 is 23.0 Å². The van der Waals surface area contributed by atoms with E-state index >= 15 is 0 Å². The molecule has 28 heavy (non-hydrogen) atoms. The number of hydrogen-bond donors (Lipinski definition) is 1. The number of nitrogens with zero attached hydrogens (tertiary/aromatic N) is 3. The van der Waals surface area contributed by atoms with E-state index in [-0.39, 0.29) is 11.5 Å². The van der Waals surface area contributed by atoms with Crippen molar-refractivity contribution in [3.63, 3.8) is 0 Å². The van der Waals surface area contributed by atoms with Crippen molar-refractivity contribution in [3.05, 3.63) is 58.7 Å². The standard InChI is InChI=1S/C22H24N4OS/c1-15(2)27-21-6-4-18(11-19(21)13-23)22-26(25-14-28-22)20-5-3-16-7-9-24-10-8-17(16)12-20/h3-6,11-12,14-15,22,24H,7-10H2,1-2H3. The van der Waals surface area contributed by atoms with E-state index in [1.807, 2.05) is 42.6 Å². The molecule has 2 aromatic carbocycles. The summed E-state index contributed by atoms with van der Waals surface area (Å²) < 4.78 is 5.76. The average molecular weight is 393 g/mol. The Morgan fingerprint density at radius 3 is 2.79 bits per heavy atom. The lowest BCUT2D eigenvalue weighted by Gasteiger charge is -2.24. The molecule has 6 heteroatoms. The molecular formula is C22H24N4OS. The van der Waals surface area contributed by atoms with Crippen LogP contribution in [0, 0.1) is 11.3 Å². The van der Waals surface area contributed by atoms with Crippen molar-refractivity contribution in [2.75, 3.05) is 18.1 Å². The second-order valence-corrected chi connectivity index (χ2v) is 8.22. The van der Waals surface area contributed by atoms with E-state index in [1.54, 1.807) is 11.8 Å². The third-order valence-corrected chi connectivity index (χ3v) is 5.90. The first-order chi connectivity index (χ1) is 13.7. The van der Waals surface area contributed by atoms with Gasteiger partial charge in [0.05, 0.1) is 22.9 Å². The van der Waals surface area contributed by atoms with Crippen molar-refractivity contribution in [3.8, 4) is 11.8 Å². The Balaban J connectivity index is 1.63. The SMILES string of the molecule is CC(C)Oc1ccc(C2SC=NN2c2ccc3c(c2)CCNCC3)cc1C#N. The third-order valence-electron chi connectivity index (χ3n) is 4.95. The summed E-state index contributed by atoms with van der Waals surface area (Å²) in [5.74, 6) is 0.634. The van der Waals surface area contributed by atoms with Crippen LogP contribution in [0.4, 0.5) is 5.69 Å². The Morgan fingerprint density at radius 2 is 2.00 bits per heavy atom.